The number of aromatic hydroxyl groups is 2. The number of aryl methyl sites for hydroxylation is 1. The predicted octanol–water partition coefficient (Wildman–Crippen LogP) is 4.36. The van der Waals surface area contributed by atoms with E-state index in [1.165, 1.54) is 43.3 Å². The minimum Gasteiger partial charge on any atom is -0.508 e. The molecule has 208 valence electrons. The number of carbonyl (C=O) groups excluding carboxylic acids is 2. The number of aliphatic hydroxyl groups excluding tert-OH is 1. The van der Waals surface area contributed by atoms with Gasteiger partial charge in [0.1, 0.15) is 40.8 Å². The van der Waals surface area contributed by atoms with Gasteiger partial charge in [0.25, 0.3) is 0 Å². The number of Topliss-reactive ketones (excluding diaryl/α,β-unsaturated/α-hetero) is 1. The van der Waals surface area contributed by atoms with Crippen molar-refractivity contribution in [2.24, 2.45) is 5.92 Å². The van der Waals surface area contributed by atoms with E-state index in [1.807, 2.05) is 13.8 Å². The first-order chi connectivity index (χ1) is 18.4. The van der Waals surface area contributed by atoms with Crippen LogP contribution in [0.5, 0.6) is 11.5 Å². The Morgan fingerprint density at radius 2 is 1.74 bits per heavy atom. The molecule has 1 aromatic heterocycles. The van der Waals surface area contributed by atoms with Crippen LogP contribution in [-0.2, 0) is 25.5 Å². The number of esters is 1. The number of hydrogen-bond donors (Lipinski definition) is 3. The molecule has 0 bridgehead atoms. The molecule has 9 nitrogen and oxygen atoms in total. The molecule has 0 saturated heterocycles. The van der Waals surface area contributed by atoms with Gasteiger partial charge in [0.15, 0.2) is 5.43 Å². The third-order valence-corrected chi connectivity index (χ3v) is 6.25. The highest BCUT2D eigenvalue weighted by molar-refractivity contribution is 5.88. The van der Waals surface area contributed by atoms with Gasteiger partial charge in [-0.25, -0.2) is 4.79 Å². The number of hydrogen-bond acceptors (Lipinski definition) is 9. The van der Waals surface area contributed by atoms with Crippen LogP contribution in [-0.4, -0.2) is 45.9 Å². The third-order valence-electron chi connectivity index (χ3n) is 6.25. The van der Waals surface area contributed by atoms with Gasteiger partial charge in [0.05, 0.1) is 30.1 Å². The van der Waals surface area contributed by atoms with E-state index in [1.54, 1.807) is 26.0 Å². The summed E-state index contributed by atoms with van der Waals surface area (Å²) in [6.07, 6.45) is -0.248. The van der Waals surface area contributed by atoms with Crippen molar-refractivity contribution in [2.45, 2.75) is 59.4 Å². The maximum Gasteiger partial charge on any atom is 0.331 e. The lowest BCUT2D eigenvalue weighted by Crippen LogP contribution is -2.32. The summed E-state index contributed by atoms with van der Waals surface area (Å²) >= 11 is 0. The van der Waals surface area contributed by atoms with Gasteiger partial charge in [-0.3, -0.25) is 9.59 Å². The molecule has 2 aromatic carbocycles. The van der Waals surface area contributed by atoms with Gasteiger partial charge in [-0.1, -0.05) is 26.0 Å². The molecular weight excluding hydrogens is 504 g/mol. The monoisotopic (exact) mass is 538 g/mol. The van der Waals surface area contributed by atoms with Crippen molar-refractivity contribution in [3.8, 4) is 11.5 Å². The summed E-state index contributed by atoms with van der Waals surface area (Å²) in [5.74, 6) is -1.11. The summed E-state index contributed by atoms with van der Waals surface area (Å²) in [6.45, 7) is 7.91. The lowest BCUT2D eigenvalue weighted by Gasteiger charge is -2.31. The van der Waals surface area contributed by atoms with Gasteiger partial charge in [0, 0.05) is 12.1 Å². The van der Waals surface area contributed by atoms with E-state index in [9.17, 15) is 29.7 Å². The average molecular weight is 539 g/mol. The zero-order valence-corrected chi connectivity index (χ0v) is 22.6. The molecule has 0 aliphatic carbocycles. The normalized spacial score (nSPS) is 14.0. The van der Waals surface area contributed by atoms with E-state index in [0.29, 0.717) is 11.1 Å². The van der Waals surface area contributed by atoms with E-state index in [0.717, 1.165) is 0 Å². The number of benzene rings is 2. The smallest absolute Gasteiger partial charge is 0.331 e. The zero-order chi connectivity index (χ0) is 28.9. The number of phenols is 2. The molecule has 1 heterocycles. The Morgan fingerprint density at radius 3 is 2.33 bits per heavy atom. The van der Waals surface area contributed by atoms with Crippen LogP contribution in [0.1, 0.15) is 56.2 Å². The molecule has 3 aromatic rings. The Balaban J connectivity index is 2.09. The summed E-state index contributed by atoms with van der Waals surface area (Å²) in [7, 11) is 0. The van der Waals surface area contributed by atoms with E-state index in [-0.39, 0.29) is 58.5 Å². The number of aliphatic hydroxyl groups is 1. The van der Waals surface area contributed by atoms with E-state index in [2.05, 4.69) is 0 Å². The van der Waals surface area contributed by atoms with Crippen LogP contribution in [0.4, 0.5) is 0 Å². The largest absolute Gasteiger partial charge is 0.508 e. The standard InChI is InChI=1S/C30H34O9/c1-16(2)25(15-31)39-29(19(5)37-26(36)11-8-20-6-9-21(33)10-7-20)28-23(34)12-17(3)27-24(35)14-22(13-18(4)32)38-30(27)28/h6-12,14,16,19,25,29,31,33-34H,13,15H2,1-5H3/b11-8+/t19-,25?,29?/m0/s1. The van der Waals surface area contributed by atoms with E-state index < -0.39 is 29.7 Å². The first-order valence-electron chi connectivity index (χ1n) is 12.6. The fraction of sp³-hybridized carbons (Fsp3) is 0.367. The van der Waals surface area contributed by atoms with Crippen molar-refractivity contribution >= 4 is 28.8 Å². The minimum absolute atomic E-state index is 0.0178. The second-order valence-corrected chi connectivity index (χ2v) is 9.87. The summed E-state index contributed by atoms with van der Waals surface area (Å²) in [6, 6.07) is 8.86. The van der Waals surface area contributed by atoms with Crippen LogP contribution >= 0.6 is 0 Å². The molecule has 3 N–H and O–H groups in total. The van der Waals surface area contributed by atoms with Crippen LogP contribution in [0.3, 0.4) is 0 Å². The Kier molecular flexibility index (Phi) is 9.66. The molecule has 3 atom stereocenters. The molecule has 0 aliphatic rings. The second-order valence-electron chi connectivity index (χ2n) is 9.87. The highest BCUT2D eigenvalue weighted by Crippen LogP contribution is 2.39. The Hall–Kier alpha value is -3.95. The number of fused-ring (bicyclic) bond motifs is 1. The van der Waals surface area contributed by atoms with E-state index in [4.69, 9.17) is 13.9 Å². The van der Waals surface area contributed by atoms with Crippen LogP contribution in [0.2, 0.25) is 0 Å². The number of ether oxygens (including phenoxy) is 2. The van der Waals surface area contributed by atoms with Crippen molar-refractivity contribution in [2.75, 3.05) is 6.61 Å². The highest BCUT2D eigenvalue weighted by atomic mass is 16.6. The van der Waals surface area contributed by atoms with E-state index >= 15 is 0 Å². The third kappa shape index (κ3) is 7.34. The van der Waals surface area contributed by atoms with Gasteiger partial charge >= 0.3 is 5.97 Å². The van der Waals surface area contributed by atoms with Crippen molar-refractivity contribution in [1.82, 2.24) is 0 Å². The summed E-state index contributed by atoms with van der Waals surface area (Å²) in [4.78, 5) is 37.5. The molecule has 0 fully saturated rings. The van der Waals surface area contributed by atoms with Crippen LogP contribution in [0.25, 0.3) is 17.0 Å². The van der Waals surface area contributed by atoms with Crippen molar-refractivity contribution in [1.29, 1.82) is 0 Å². The number of ketones is 1. The number of phenolic OH excluding ortho intramolecular Hbond substituents is 2. The molecule has 0 radical (unpaired) electrons. The zero-order valence-electron chi connectivity index (χ0n) is 22.6. The molecule has 0 saturated carbocycles. The molecule has 0 spiro atoms. The van der Waals surface area contributed by atoms with Gasteiger partial charge < -0.3 is 29.2 Å². The number of carbonyl (C=O) groups is 2. The maximum absolute atomic E-state index is 13.0. The predicted molar refractivity (Wildman–Crippen MR) is 146 cm³/mol. The van der Waals surface area contributed by atoms with Gasteiger partial charge in [-0.05, 0) is 62.1 Å². The molecular formula is C30H34O9. The SMILES string of the molecule is CC(=O)Cc1cc(=O)c2c(C)cc(O)c(C(OC(CO)C(C)C)[C@H](C)OC(=O)/C=C/c3ccc(O)cc3)c2o1. The molecule has 0 amide bonds. The Bertz CT molecular complexity index is 1420. The summed E-state index contributed by atoms with van der Waals surface area (Å²) < 4.78 is 17.8. The minimum atomic E-state index is -1.14. The number of rotatable bonds is 11. The fourth-order valence-electron chi connectivity index (χ4n) is 4.23. The van der Waals surface area contributed by atoms with Crippen molar-refractivity contribution in [3.63, 3.8) is 0 Å². The topological polar surface area (TPSA) is 144 Å². The van der Waals surface area contributed by atoms with Gasteiger partial charge in [-0.2, -0.15) is 0 Å². The van der Waals surface area contributed by atoms with Crippen molar-refractivity contribution < 1.29 is 38.8 Å². The molecule has 2 unspecified atom stereocenters. The van der Waals surface area contributed by atoms with Crippen molar-refractivity contribution in [3.05, 3.63) is 75.1 Å². The lowest BCUT2D eigenvalue weighted by molar-refractivity contribution is -0.158. The maximum atomic E-state index is 13.0. The van der Waals surface area contributed by atoms with Crippen LogP contribution in [0.15, 0.2) is 51.7 Å². The summed E-state index contributed by atoms with van der Waals surface area (Å²) in [5.41, 5.74) is 0.808. The van der Waals surface area contributed by atoms with Crippen LogP contribution in [0, 0.1) is 12.8 Å². The molecule has 0 aliphatic heterocycles. The highest BCUT2D eigenvalue weighted by Gasteiger charge is 2.33. The Morgan fingerprint density at radius 1 is 1.08 bits per heavy atom. The molecule has 3 rings (SSSR count). The first-order valence-corrected chi connectivity index (χ1v) is 12.6. The first kappa shape index (κ1) is 29.6. The second kappa shape index (κ2) is 12.7. The molecule has 39 heavy (non-hydrogen) atoms. The quantitative estimate of drug-likeness (QED) is 0.240. The van der Waals surface area contributed by atoms with Gasteiger partial charge in [0.2, 0.25) is 0 Å². The summed E-state index contributed by atoms with van der Waals surface area (Å²) in [5, 5.41) is 30.7. The lowest BCUT2D eigenvalue weighted by atomic mass is 9.96. The van der Waals surface area contributed by atoms with Gasteiger partial charge in [-0.15, -0.1) is 0 Å². The average Bonchev–Trinajstić information content (AvgIpc) is 2.84. The molecule has 9 heteroatoms. The Labute approximate surface area is 226 Å². The fourth-order valence-corrected chi connectivity index (χ4v) is 4.23. The van der Waals surface area contributed by atoms with Crippen LogP contribution < -0.4 is 5.43 Å².